The Hall–Kier alpha value is -3.61. The predicted octanol–water partition coefficient (Wildman–Crippen LogP) is 4.26. The Labute approximate surface area is 180 Å². The molecule has 7 heteroatoms. The van der Waals surface area contributed by atoms with Gasteiger partial charge >= 0.3 is 0 Å². The standard InChI is InChI=1S/C24H24N4O3/c1-23(2,3)13-29-17-6-7-20-18(10-17)24(14-30-22(25)28-24)19-9-16(12-27-21(19)31-20)15-5-4-8-26-11-15/h4-12H,13-14H2,1-3H3,(H2,25,28). The maximum absolute atomic E-state index is 6.14. The van der Waals surface area contributed by atoms with Gasteiger partial charge in [0.25, 0.3) is 6.02 Å². The smallest absolute Gasteiger partial charge is 0.283 e. The largest absolute Gasteiger partial charge is 0.493 e. The Morgan fingerprint density at radius 1 is 1.10 bits per heavy atom. The van der Waals surface area contributed by atoms with Gasteiger partial charge in [0.1, 0.15) is 18.1 Å². The zero-order valence-electron chi connectivity index (χ0n) is 17.8. The zero-order valence-corrected chi connectivity index (χ0v) is 17.8. The molecule has 0 saturated heterocycles. The van der Waals surface area contributed by atoms with Crippen molar-refractivity contribution in [3.8, 4) is 28.5 Å². The Bertz CT molecular complexity index is 1170. The second kappa shape index (κ2) is 6.97. The number of ether oxygens (including phenoxy) is 3. The first kappa shape index (κ1) is 19.4. The number of nitrogens with two attached hydrogens (primary N) is 1. The lowest BCUT2D eigenvalue weighted by atomic mass is 9.81. The van der Waals surface area contributed by atoms with Gasteiger partial charge in [-0.15, -0.1) is 0 Å². The molecule has 2 aliphatic heterocycles. The molecule has 7 nitrogen and oxygen atoms in total. The van der Waals surface area contributed by atoms with Crippen molar-refractivity contribution in [1.29, 1.82) is 0 Å². The Kier molecular flexibility index (Phi) is 4.36. The molecule has 0 amide bonds. The summed E-state index contributed by atoms with van der Waals surface area (Å²) < 4.78 is 17.8. The van der Waals surface area contributed by atoms with Gasteiger partial charge in [0.05, 0.1) is 12.2 Å². The van der Waals surface area contributed by atoms with Crippen molar-refractivity contribution >= 4 is 6.02 Å². The summed E-state index contributed by atoms with van der Waals surface area (Å²) in [5, 5.41) is 0. The van der Waals surface area contributed by atoms with Crippen LogP contribution in [0.4, 0.5) is 0 Å². The monoisotopic (exact) mass is 416 g/mol. The van der Waals surface area contributed by atoms with Gasteiger partial charge in [0.15, 0.2) is 5.54 Å². The van der Waals surface area contributed by atoms with Crippen LogP contribution in [-0.2, 0) is 10.3 Å². The zero-order chi connectivity index (χ0) is 21.6. The molecular formula is C24H24N4O3. The Morgan fingerprint density at radius 3 is 2.68 bits per heavy atom. The van der Waals surface area contributed by atoms with Crippen LogP contribution in [0.15, 0.2) is 60.0 Å². The third kappa shape index (κ3) is 3.46. The molecule has 2 aromatic heterocycles. The van der Waals surface area contributed by atoms with Gasteiger partial charge in [0.2, 0.25) is 5.88 Å². The van der Waals surface area contributed by atoms with E-state index in [0.717, 1.165) is 28.0 Å². The van der Waals surface area contributed by atoms with E-state index in [2.05, 4.69) is 30.7 Å². The second-order valence-electron chi connectivity index (χ2n) is 9.03. The van der Waals surface area contributed by atoms with Crippen LogP contribution in [0.3, 0.4) is 0 Å². The topological polar surface area (TPSA) is 91.9 Å². The maximum atomic E-state index is 6.14. The minimum atomic E-state index is -0.848. The molecule has 2 aliphatic rings. The van der Waals surface area contributed by atoms with Gasteiger partial charge in [-0.3, -0.25) is 4.98 Å². The van der Waals surface area contributed by atoms with Crippen molar-refractivity contribution in [2.24, 2.45) is 16.1 Å². The van der Waals surface area contributed by atoms with Crippen molar-refractivity contribution < 1.29 is 14.2 Å². The highest BCUT2D eigenvalue weighted by Gasteiger charge is 2.48. The van der Waals surface area contributed by atoms with Crippen LogP contribution in [0.5, 0.6) is 17.4 Å². The van der Waals surface area contributed by atoms with Crippen molar-refractivity contribution in [2.45, 2.75) is 26.3 Å². The quantitative estimate of drug-likeness (QED) is 0.686. The minimum absolute atomic E-state index is 0.0400. The number of benzene rings is 1. The summed E-state index contributed by atoms with van der Waals surface area (Å²) >= 11 is 0. The van der Waals surface area contributed by atoms with E-state index in [1.165, 1.54) is 0 Å². The fourth-order valence-electron chi connectivity index (χ4n) is 3.79. The van der Waals surface area contributed by atoms with E-state index in [1.54, 1.807) is 18.6 Å². The number of amidine groups is 1. The molecule has 0 bridgehead atoms. The van der Waals surface area contributed by atoms with Gasteiger partial charge in [-0.1, -0.05) is 26.8 Å². The van der Waals surface area contributed by atoms with Gasteiger partial charge in [-0.2, -0.15) is 0 Å². The van der Waals surface area contributed by atoms with Crippen molar-refractivity contribution in [3.63, 3.8) is 0 Å². The molecule has 0 saturated carbocycles. The molecule has 1 spiro atoms. The highest BCUT2D eigenvalue weighted by molar-refractivity contribution is 5.77. The summed E-state index contributed by atoms with van der Waals surface area (Å²) in [5.41, 5.74) is 8.69. The number of aromatic nitrogens is 2. The molecule has 1 unspecified atom stereocenters. The molecule has 31 heavy (non-hydrogen) atoms. The first-order valence-electron chi connectivity index (χ1n) is 10.2. The lowest BCUT2D eigenvalue weighted by molar-refractivity contribution is 0.197. The summed E-state index contributed by atoms with van der Waals surface area (Å²) in [6.07, 6.45) is 5.32. The van der Waals surface area contributed by atoms with E-state index in [0.29, 0.717) is 18.2 Å². The third-order valence-electron chi connectivity index (χ3n) is 5.30. The van der Waals surface area contributed by atoms with Crippen molar-refractivity contribution in [3.05, 3.63) is 66.1 Å². The predicted molar refractivity (Wildman–Crippen MR) is 117 cm³/mol. The SMILES string of the molecule is CC(C)(C)COc1ccc2c(c1)C1(COC(N)=N1)c1cc(-c3cccnc3)cnc1O2. The summed E-state index contributed by atoms with van der Waals surface area (Å²) in [5.74, 6) is 1.90. The molecule has 1 atom stereocenters. The van der Waals surface area contributed by atoms with Gasteiger partial charge in [0, 0.05) is 35.3 Å². The maximum Gasteiger partial charge on any atom is 0.283 e. The van der Waals surface area contributed by atoms with Crippen molar-refractivity contribution in [1.82, 2.24) is 9.97 Å². The van der Waals surface area contributed by atoms with Crippen LogP contribution in [0.1, 0.15) is 31.9 Å². The minimum Gasteiger partial charge on any atom is -0.493 e. The summed E-state index contributed by atoms with van der Waals surface area (Å²) in [6.45, 7) is 7.25. The third-order valence-corrected chi connectivity index (χ3v) is 5.30. The normalized spacial score (nSPS) is 19.1. The first-order chi connectivity index (χ1) is 14.8. The van der Waals surface area contributed by atoms with Gasteiger partial charge < -0.3 is 19.9 Å². The molecule has 158 valence electrons. The first-order valence-corrected chi connectivity index (χ1v) is 10.2. The number of rotatable bonds is 3. The van der Waals surface area contributed by atoms with Gasteiger partial charge in [-0.05, 0) is 35.7 Å². The summed E-state index contributed by atoms with van der Waals surface area (Å²) in [4.78, 5) is 13.5. The lowest BCUT2D eigenvalue weighted by Gasteiger charge is -2.33. The lowest BCUT2D eigenvalue weighted by Crippen LogP contribution is -2.31. The molecule has 5 rings (SSSR count). The van der Waals surface area contributed by atoms with E-state index in [-0.39, 0.29) is 18.0 Å². The molecule has 4 heterocycles. The number of aliphatic imine (C=N–C) groups is 1. The van der Waals surface area contributed by atoms with E-state index in [4.69, 9.17) is 24.9 Å². The average molecular weight is 416 g/mol. The average Bonchev–Trinajstić information content (AvgIpc) is 3.15. The van der Waals surface area contributed by atoms with Crippen LogP contribution in [-0.4, -0.2) is 29.2 Å². The van der Waals surface area contributed by atoms with E-state index in [9.17, 15) is 0 Å². The van der Waals surface area contributed by atoms with Crippen LogP contribution in [0.25, 0.3) is 11.1 Å². The molecule has 0 aliphatic carbocycles. The fourth-order valence-corrected chi connectivity index (χ4v) is 3.79. The van der Waals surface area contributed by atoms with Crippen LogP contribution >= 0.6 is 0 Å². The Balaban J connectivity index is 1.63. The van der Waals surface area contributed by atoms with E-state index < -0.39 is 5.54 Å². The summed E-state index contributed by atoms with van der Waals surface area (Å²) in [6, 6.07) is 11.8. The number of hydrogen-bond acceptors (Lipinski definition) is 7. The number of pyridine rings is 2. The molecule has 1 aromatic carbocycles. The number of fused-ring (bicyclic) bond motifs is 4. The van der Waals surface area contributed by atoms with Crippen molar-refractivity contribution in [2.75, 3.05) is 13.2 Å². The molecule has 0 fully saturated rings. The fraction of sp³-hybridized carbons (Fsp3) is 0.292. The molecule has 2 N–H and O–H groups in total. The second-order valence-corrected chi connectivity index (χ2v) is 9.03. The van der Waals surface area contributed by atoms with Crippen LogP contribution in [0.2, 0.25) is 0 Å². The number of nitrogens with zero attached hydrogens (tertiary/aromatic N) is 3. The number of hydrogen-bond donors (Lipinski definition) is 1. The highest BCUT2D eigenvalue weighted by atomic mass is 16.5. The molecular weight excluding hydrogens is 392 g/mol. The highest BCUT2D eigenvalue weighted by Crippen LogP contribution is 2.51. The molecule has 3 aromatic rings. The Morgan fingerprint density at radius 2 is 1.97 bits per heavy atom. The van der Waals surface area contributed by atoms with Crippen LogP contribution in [0, 0.1) is 5.41 Å². The molecule has 0 radical (unpaired) electrons. The summed E-state index contributed by atoms with van der Waals surface area (Å²) in [7, 11) is 0. The van der Waals surface area contributed by atoms with Crippen LogP contribution < -0.4 is 15.2 Å². The van der Waals surface area contributed by atoms with Gasteiger partial charge in [-0.25, -0.2) is 9.98 Å². The van der Waals surface area contributed by atoms with E-state index in [1.807, 2.05) is 36.4 Å². The van der Waals surface area contributed by atoms with E-state index >= 15 is 0 Å².